The normalized spacial score (nSPS) is 11.2. The van der Waals surface area contributed by atoms with E-state index in [2.05, 4.69) is 15.3 Å². The number of rotatable bonds is 9. The summed E-state index contributed by atoms with van der Waals surface area (Å²) in [5.74, 6) is -0.742. The lowest BCUT2D eigenvalue weighted by Crippen LogP contribution is -2.39. The molecule has 0 bridgehead atoms. The summed E-state index contributed by atoms with van der Waals surface area (Å²) in [5.41, 5.74) is 3.93. The molecule has 0 fully saturated rings. The number of methoxy groups -OCH3 is 1. The minimum absolute atomic E-state index is 0.238. The van der Waals surface area contributed by atoms with E-state index in [4.69, 9.17) is 16.3 Å². The first kappa shape index (κ1) is 24.2. The van der Waals surface area contributed by atoms with Crippen LogP contribution in [-0.4, -0.2) is 53.0 Å². The maximum absolute atomic E-state index is 12.3. The Labute approximate surface area is 185 Å². The van der Waals surface area contributed by atoms with Crippen molar-refractivity contribution in [1.82, 2.24) is 5.43 Å². The van der Waals surface area contributed by atoms with Gasteiger partial charge in [-0.1, -0.05) is 29.8 Å². The van der Waals surface area contributed by atoms with Crippen molar-refractivity contribution in [2.45, 2.75) is 6.92 Å². The highest BCUT2D eigenvalue weighted by molar-refractivity contribution is 7.92. The summed E-state index contributed by atoms with van der Waals surface area (Å²) in [7, 11) is -2.47. The third-order valence-corrected chi connectivity index (χ3v) is 5.52. The van der Waals surface area contributed by atoms with Crippen LogP contribution in [0.15, 0.2) is 47.6 Å². The Kier molecular flexibility index (Phi) is 8.40. The molecule has 1 amide bonds. The number of halogens is 1. The number of benzene rings is 2. The molecule has 0 aliphatic carbocycles. The summed E-state index contributed by atoms with van der Waals surface area (Å²) < 4.78 is 35.0. The van der Waals surface area contributed by atoms with Crippen molar-refractivity contribution in [3.8, 4) is 5.75 Å². The number of amides is 1. The first-order valence-electron chi connectivity index (χ1n) is 8.95. The number of carbonyl (C=O) groups is 2. The van der Waals surface area contributed by atoms with Crippen molar-refractivity contribution in [2.75, 3.05) is 30.8 Å². The van der Waals surface area contributed by atoms with Crippen molar-refractivity contribution >= 4 is 45.4 Å². The van der Waals surface area contributed by atoms with E-state index < -0.39 is 28.4 Å². The number of ether oxygens (including phenoxy) is 2. The zero-order valence-corrected chi connectivity index (χ0v) is 18.7. The largest absolute Gasteiger partial charge is 0.482 e. The van der Waals surface area contributed by atoms with E-state index in [0.29, 0.717) is 16.3 Å². The van der Waals surface area contributed by atoms with Crippen LogP contribution in [0.5, 0.6) is 5.75 Å². The molecule has 2 aromatic rings. The molecular formula is C20H22ClN3O6S. The predicted octanol–water partition coefficient (Wildman–Crippen LogP) is 2.12. The number of carbonyl (C=O) groups excluding carboxylic acids is 2. The Hall–Kier alpha value is -3.11. The summed E-state index contributed by atoms with van der Waals surface area (Å²) >= 11 is 6.08. The molecule has 31 heavy (non-hydrogen) atoms. The van der Waals surface area contributed by atoms with E-state index in [9.17, 15) is 18.0 Å². The second-order valence-corrected chi connectivity index (χ2v) is 8.75. The highest BCUT2D eigenvalue weighted by atomic mass is 35.5. The van der Waals surface area contributed by atoms with Crippen molar-refractivity contribution in [2.24, 2.45) is 5.10 Å². The molecule has 166 valence electrons. The molecule has 0 saturated heterocycles. The summed E-state index contributed by atoms with van der Waals surface area (Å²) in [6.45, 7) is 1.07. The van der Waals surface area contributed by atoms with Gasteiger partial charge in [-0.3, -0.25) is 9.10 Å². The van der Waals surface area contributed by atoms with Crippen LogP contribution in [0.25, 0.3) is 0 Å². The Morgan fingerprint density at radius 1 is 1.23 bits per heavy atom. The van der Waals surface area contributed by atoms with Gasteiger partial charge in [0.1, 0.15) is 12.3 Å². The monoisotopic (exact) mass is 467 g/mol. The van der Waals surface area contributed by atoms with Gasteiger partial charge in [0.25, 0.3) is 5.91 Å². The van der Waals surface area contributed by atoms with Crippen molar-refractivity contribution in [3.05, 3.63) is 58.6 Å². The SMILES string of the molecule is COC(=O)COc1cccc(/C=N\NC(=O)CN(c2ccc(C)c(Cl)c2)S(C)(=O)=O)c1. The minimum atomic E-state index is -3.73. The molecule has 0 aliphatic rings. The zero-order valence-electron chi connectivity index (χ0n) is 17.2. The molecule has 0 unspecified atom stereocenters. The van der Waals surface area contributed by atoms with E-state index in [1.807, 2.05) is 0 Å². The van der Waals surface area contributed by atoms with E-state index in [1.54, 1.807) is 43.3 Å². The lowest BCUT2D eigenvalue weighted by atomic mass is 10.2. The standard InChI is InChI=1S/C20H22ClN3O6S/c1-14-7-8-16(10-18(14)21)24(31(3,27)28)12-19(25)23-22-11-15-5-4-6-17(9-15)30-13-20(26)29-2/h4-11H,12-13H2,1-3H3,(H,23,25)/b22-11-. The molecule has 0 atom stereocenters. The van der Waals surface area contributed by atoms with Crippen LogP contribution >= 0.6 is 11.6 Å². The third-order valence-electron chi connectivity index (χ3n) is 3.98. The number of sulfonamides is 1. The molecule has 2 rings (SSSR count). The lowest BCUT2D eigenvalue weighted by molar-refractivity contribution is -0.142. The van der Waals surface area contributed by atoms with Crippen molar-refractivity contribution in [1.29, 1.82) is 0 Å². The Balaban J connectivity index is 2.03. The predicted molar refractivity (Wildman–Crippen MR) is 118 cm³/mol. The van der Waals surface area contributed by atoms with Crippen LogP contribution in [0, 0.1) is 6.92 Å². The molecule has 0 radical (unpaired) electrons. The number of hydrogen-bond acceptors (Lipinski definition) is 7. The number of nitrogens with one attached hydrogen (secondary N) is 1. The fourth-order valence-corrected chi connectivity index (χ4v) is 3.39. The van der Waals surface area contributed by atoms with E-state index in [0.717, 1.165) is 16.1 Å². The highest BCUT2D eigenvalue weighted by Gasteiger charge is 2.21. The molecule has 0 heterocycles. The van der Waals surface area contributed by atoms with Gasteiger partial charge in [0.05, 0.1) is 25.3 Å². The Bertz CT molecular complexity index is 1090. The number of nitrogens with zero attached hydrogens (tertiary/aromatic N) is 2. The van der Waals surface area contributed by atoms with Crippen LogP contribution in [0.1, 0.15) is 11.1 Å². The van der Waals surface area contributed by atoms with Crippen LogP contribution in [0.4, 0.5) is 5.69 Å². The Morgan fingerprint density at radius 2 is 1.97 bits per heavy atom. The van der Waals surface area contributed by atoms with Gasteiger partial charge >= 0.3 is 5.97 Å². The number of esters is 1. The maximum Gasteiger partial charge on any atom is 0.343 e. The molecular weight excluding hydrogens is 446 g/mol. The Morgan fingerprint density at radius 3 is 2.61 bits per heavy atom. The summed E-state index contributed by atoms with van der Waals surface area (Å²) in [6, 6.07) is 11.4. The molecule has 9 nitrogen and oxygen atoms in total. The first-order valence-corrected chi connectivity index (χ1v) is 11.2. The van der Waals surface area contributed by atoms with Gasteiger partial charge < -0.3 is 9.47 Å². The average Bonchev–Trinajstić information content (AvgIpc) is 2.72. The number of aryl methyl sites for hydroxylation is 1. The topological polar surface area (TPSA) is 114 Å². The highest BCUT2D eigenvalue weighted by Crippen LogP contribution is 2.24. The van der Waals surface area contributed by atoms with Gasteiger partial charge in [-0.05, 0) is 42.3 Å². The molecule has 0 saturated carbocycles. The van der Waals surface area contributed by atoms with Crippen LogP contribution in [0.2, 0.25) is 5.02 Å². The van der Waals surface area contributed by atoms with Gasteiger partial charge in [-0.2, -0.15) is 5.10 Å². The quantitative estimate of drug-likeness (QED) is 0.343. The first-order chi connectivity index (χ1) is 14.6. The number of hydrogen-bond donors (Lipinski definition) is 1. The zero-order chi connectivity index (χ0) is 23.0. The van der Waals surface area contributed by atoms with Crippen LogP contribution in [-0.2, 0) is 24.3 Å². The second-order valence-electron chi connectivity index (χ2n) is 6.43. The number of hydrazone groups is 1. The number of anilines is 1. The van der Waals surface area contributed by atoms with Gasteiger partial charge in [0.2, 0.25) is 10.0 Å². The molecule has 0 aromatic heterocycles. The smallest absolute Gasteiger partial charge is 0.343 e. The fourth-order valence-electron chi connectivity index (χ4n) is 2.37. The summed E-state index contributed by atoms with van der Waals surface area (Å²) in [5, 5.41) is 4.22. The summed E-state index contributed by atoms with van der Waals surface area (Å²) in [4.78, 5) is 23.4. The van der Waals surface area contributed by atoms with Gasteiger partial charge in [-0.15, -0.1) is 0 Å². The molecule has 11 heteroatoms. The molecule has 2 aromatic carbocycles. The van der Waals surface area contributed by atoms with Crippen molar-refractivity contribution in [3.63, 3.8) is 0 Å². The second kappa shape index (κ2) is 10.8. The van der Waals surface area contributed by atoms with Gasteiger partial charge in [0, 0.05) is 5.02 Å². The maximum atomic E-state index is 12.3. The molecule has 1 N–H and O–H groups in total. The molecule has 0 spiro atoms. The van der Waals surface area contributed by atoms with Crippen molar-refractivity contribution < 1.29 is 27.5 Å². The minimum Gasteiger partial charge on any atom is -0.482 e. The van der Waals surface area contributed by atoms with E-state index in [1.165, 1.54) is 19.4 Å². The molecule has 0 aliphatic heterocycles. The third kappa shape index (κ3) is 7.58. The average molecular weight is 468 g/mol. The van der Waals surface area contributed by atoms with Crippen LogP contribution < -0.4 is 14.5 Å². The fraction of sp³-hybridized carbons (Fsp3) is 0.250. The van der Waals surface area contributed by atoms with Crippen LogP contribution in [0.3, 0.4) is 0 Å². The van der Waals surface area contributed by atoms with Gasteiger partial charge in [-0.25, -0.2) is 18.6 Å². The lowest BCUT2D eigenvalue weighted by Gasteiger charge is -2.21. The summed E-state index contributed by atoms with van der Waals surface area (Å²) in [6.07, 6.45) is 2.35. The van der Waals surface area contributed by atoms with Gasteiger partial charge in [0.15, 0.2) is 6.61 Å². The van der Waals surface area contributed by atoms with E-state index >= 15 is 0 Å². The van der Waals surface area contributed by atoms with E-state index in [-0.39, 0.29) is 12.3 Å².